The minimum Gasteiger partial charge on any atom is -0.379 e. The van der Waals surface area contributed by atoms with Gasteiger partial charge in [0.05, 0.1) is 13.2 Å². The smallest absolute Gasteiger partial charge is 0.101 e. The molecule has 0 aliphatic rings. The van der Waals surface area contributed by atoms with Gasteiger partial charge in [-0.3, -0.25) is 0 Å². The van der Waals surface area contributed by atoms with Gasteiger partial charge in [-0.2, -0.15) is 0 Å². The highest BCUT2D eigenvalue weighted by atomic mass is 35.5. The average Bonchev–Trinajstić information content (AvgIpc) is 2.15. The van der Waals surface area contributed by atoms with Crippen LogP contribution in [0.3, 0.4) is 0 Å². The van der Waals surface area contributed by atoms with Crippen molar-refractivity contribution in [3.05, 3.63) is 34.9 Å². The van der Waals surface area contributed by atoms with Gasteiger partial charge in [0.15, 0.2) is 0 Å². The Hall–Kier alpha value is -0.570. The standard InChI is InChI=1S/C10H14ClNO/c1-13-7-6-12-8-9-2-4-10(11)5-3-9/h2-5,12H,6-8H2,1H3/p+1. The van der Waals surface area contributed by atoms with E-state index in [1.165, 1.54) is 5.56 Å². The van der Waals surface area contributed by atoms with Gasteiger partial charge in [-0.15, -0.1) is 0 Å². The van der Waals surface area contributed by atoms with Gasteiger partial charge in [0.25, 0.3) is 0 Å². The highest BCUT2D eigenvalue weighted by Gasteiger charge is 1.94. The molecule has 0 aliphatic carbocycles. The number of rotatable bonds is 5. The van der Waals surface area contributed by atoms with Crippen molar-refractivity contribution in [2.75, 3.05) is 20.3 Å². The summed E-state index contributed by atoms with van der Waals surface area (Å²) < 4.78 is 4.95. The molecule has 1 aromatic carbocycles. The minimum atomic E-state index is 0.792. The van der Waals surface area contributed by atoms with Crippen LogP contribution in [0.1, 0.15) is 5.56 Å². The van der Waals surface area contributed by atoms with Gasteiger partial charge in [0.1, 0.15) is 6.54 Å². The number of nitrogens with two attached hydrogens (primary N) is 1. The van der Waals surface area contributed by atoms with Crippen molar-refractivity contribution < 1.29 is 10.1 Å². The second kappa shape index (κ2) is 5.97. The maximum absolute atomic E-state index is 5.77. The summed E-state index contributed by atoms with van der Waals surface area (Å²) in [6.07, 6.45) is 0. The van der Waals surface area contributed by atoms with Gasteiger partial charge >= 0.3 is 0 Å². The third kappa shape index (κ3) is 4.27. The van der Waals surface area contributed by atoms with E-state index in [1.54, 1.807) is 7.11 Å². The van der Waals surface area contributed by atoms with E-state index in [0.717, 1.165) is 24.7 Å². The SMILES string of the molecule is COCC[NH2+]Cc1ccc(Cl)cc1. The molecule has 0 saturated heterocycles. The molecule has 0 bridgehead atoms. The molecule has 0 atom stereocenters. The summed E-state index contributed by atoms with van der Waals surface area (Å²) in [5.41, 5.74) is 1.29. The van der Waals surface area contributed by atoms with Gasteiger partial charge in [-0.25, -0.2) is 0 Å². The highest BCUT2D eigenvalue weighted by molar-refractivity contribution is 6.30. The van der Waals surface area contributed by atoms with Crippen LogP contribution in [-0.4, -0.2) is 20.3 Å². The van der Waals surface area contributed by atoms with Gasteiger partial charge < -0.3 is 10.1 Å². The molecule has 0 aliphatic heterocycles. The van der Waals surface area contributed by atoms with Crippen LogP contribution in [0.2, 0.25) is 5.02 Å². The summed E-state index contributed by atoms with van der Waals surface area (Å²) in [5.74, 6) is 0. The highest BCUT2D eigenvalue weighted by Crippen LogP contribution is 2.08. The quantitative estimate of drug-likeness (QED) is 0.707. The number of hydrogen-bond donors (Lipinski definition) is 1. The Morgan fingerprint density at radius 3 is 2.62 bits per heavy atom. The van der Waals surface area contributed by atoms with Crippen LogP contribution in [0.25, 0.3) is 0 Å². The maximum atomic E-state index is 5.77. The molecule has 13 heavy (non-hydrogen) atoms. The lowest BCUT2D eigenvalue weighted by atomic mass is 10.2. The predicted molar refractivity (Wildman–Crippen MR) is 53.8 cm³/mol. The molecule has 2 nitrogen and oxygen atoms in total. The summed E-state index contributed by atoms with van der Waals surface area (Å²) in [5, 5.41) is 3.01. The Labute approximate surface area is 83.9 Å². The zero-order valence-electron chi connectivity index (χ0n) is 7.79. The Morgan fingerprint density at radius 1 is 1.31 bits per heavy atom. The third-order valence-electron chi connectivity index (χ3n) is 1.82. The van der Waals surface area contributed by atoms with Gasteiger partial charge in [-0.1, -0.05) is 23.7 Å². The van der Waals surface area contributed by atoms with E-state index in [4.69, 9.17) is 16.3 Å². The number of methoxy groups -OCH3 is 1. The Bertz CT molecular complexity index is 235. The molecule has 0 spiro atoms. The number of benzene rings is 1. The van der Waals surface area contributed by atoms with E-state index in [2.05, 4.69) is 5.32 Å². The first kappa shape index (κ1) is 10.5. The lowest BCUT2D eigenvalue weighted by Gasteiger charge is -2.00. The summed E-state index contributed by atoms with van der Waals surface area (Å²) in [6.45, 7) is 2.78. The van der Waals surface area contributed by atoms with E-state index in [-0.39, 0.29) is 0 Å². The van der Waals surface area contributed by atoms with Gasteiger partial charge in [0.2, 0.25) is 0 Å². The van der Waals surface area contributed by atoms with Crippen LogP contribution in [0.5, 0.6) is 0 Å². The molecule has 0 heterocycles. The molecule has 0 fully saturated rings. The fourth-order valence-electron chi connectivity index (χ4n) is 1.09. The Balaban J connectivity index is 2.25. The van der Waals surface area contributed by atoms with E-state index in [0.29, 0.717) is 0 Å². The van der Waals surface area contributed by atoms with Crippen LogP contribution in [-0.2, 0) is 11.3 Å². The van der Waals surface area contributed by atoms with E-state index < -0.39 is 0 Å². The van der Waals surface area contributed by atoms with Crippen LogP contribution >= 0.6 is 11.6 Å². The zero-order valence-corrected chi connectivity index (χ0v) is 8.55. The maximum Gasteiger partial charge on any atom is 0.101 e. The molecular weight excluding hydrogens is 186 g/mol. The average molecular weight is 201 g/mol. The second-order valence-corrected chi connectivity index (χ2v) is 3.34. The molecule has 0 saturated carbocycles. The first-order valence-corrected chi connectivity index (χ1v) is 4.76. The van der Waals surface area contributed by atoms with Crippen LogP contribution in [0.15, 0.2) is 24.3 Å². The molecule has 1 aromatic rings. The van der Waals surface area contributed by atoms with Crippen molar-refractivity contribution in [2.45, 2.75) is 6.54 Å². The van der Waals surface area contributed by atoms with Crippen LogP contribution in [0.4, 0.5) is 0 Å². The van der Waals surface area contributed by atoms with Crippen molar-refractivity contribution in [1.82, 2.24) is 0 Å². The van der Waals surface area contributed by atoms with Crippen LogP contribution in [0, 0.1) is 0 Å². The number of halogens is 1. The van der Waals surface area contributed by atoms with Crippen LogP contribution < -0.4 is 5.32 Å². The molecule has 1 rings (SSSR count). The predicted octanol–water partition coefficient (Wildman–Crippen LogP) is 1.05. The molecular formula is C10H15ClNO+. The molecule has 3 heteroatoms. The molecule has 0 aromatic heterocycles. The molecule has 0 amide bonds. The third-order valence-corrected chi connectivity index (χ3v) is 2.07. The fraction of sp³-hybridized carbons (Fsp3) is 0.400. The molecule has 0 unspecified atom stereocenters. The van der Waals surface area contributed by atoms with E-state index in [1.807, 2.05) is 24.3 Å². The number of hydrogen-bond acceptors (Lipinski definition) is 1. The zero-order chi connectivity index (χ0) is 9.52. The van der Waals surface area contributed by atoms with Crippen molar-refractivity contribution in [3.63, 3.8) is 0 Å². The van der Waals surface area contributed by atoms with E-state index in [9.17, 15) is 0 Å². The van der Waals surface area contributed by atoms with Gasteiger partial charge in [0, 0.05) is 17.7 Å². The second-order valence-electron chi connectivity index (χ2n) is 2.90. The van der Waals surface area contributed by atoms with Crippen molar-refractivity contribution in [1.29, 1.82) is 0 Å². The minimum absolute atomic E-state index is 0.792. The number of ether oxygens (including phenoxy) is 1. The lowest BCUT2D eigenvalue weighted by molar-refractivity contribution is -0.671. The first-order chi connectivity index (χ1) is 6.33. The summed E-state index contributed by atoms with van der Waals surface area (Å²) in [6, 6.07) is 7.93. The monoisotopic (exact) mass is 200 g/mol. The van der Waals surface area contributed by atoms with Crippen molar-refractivity contribution in [3.8, 4) is 0 Å². The summed E-state index contributed by atoms with van der Waals surface area (Å²) in [7, 11) is 1.72. The topological polar surface area (TPSA) is 25.8 Å². The van der Waals surface area contributed by atoms with Crippen molar-refractivity contribution >= 4 is 11.6 Å². The largest absolute Gasteiger partial charge is 0.379 e. The molecule has 0 radical (unpaired) electrons. The van der Waals surface area contributed by atoms with Gasteiger partial charge in [-0.05, 0) is 12.1 Å². The first-order valence-electron chi connectivity index (χ1n) is 4.38. The Kier molecular flexibility index (Phi) is 4.83. The Morgan fingerprint density at radius 2 is 2.00 bits per heavy atom. The fourth-order valence-corrected chi connectivity index (χ4v) is 1.22. The normalized spacial score (nSPS) is 10.3. The number of quaternary nitrogens is 1. The summed E-state index contributed by atoms with van der Waals surface area (Å²) in [4.78, 5) is 0. The van der Waals surface area contributed by atoms with E-state index >= 15 is 0 Å². The van der Waals surface area contributed by atoms with Crippen molar-refractivity contribution in [2.24, 2.45) is 0 Å². The molecule has 2 N–H and O–H groups in total. The lowest BCUT2D eigenvalue weighted by Crippen LogP contribution is -2.83. The molecule has 72 valence electrons. The summed E-state index contributed by atoms with van der Waals surface area (Å²) >= 11 is 5.77.